The van der Waals surface area contributed by atoms with Gasteiger partial charge in [0.2, 0.25) is 5.91 Å². The number of hydrogen-bond acceptors (Lipinski definition) is 7. The molecule has 6 rings (SSSR count). The van der Waals surface area contributed by atoms with E-state index in [4.69, 9.17) is 10.8 Å². The fraction of sp³-hybridized carbons (Fsp3) is 0.773. The molecule has 2 atom stereocenters. The molecule has 5 aliphatic rings. The van der Waals surface area contributed by atoms with Crippen LogP contribution in [0.15, 0.2) is 6.33 Å². The lowest BCUT2D eigenvalue weighted by atomic mass is 9.48. The van der Waals surface area contributed by atoms with E-state index in [9.17, 15) is 9.90 Å². The minimum Gasteiger partial charge on any atom is -0.394 e. The molecule has 0 spiro atoms. The summed E-state index contributed by atoms with van der Waals surface area (Å²) in [5, 5.41) is 23.7. The molecular formula is C22H33N5O3. The topological polar surface area (TPSA) is 125 Å². The third-order valence-corrected chi connectivity index (χ3v) is 8.09. The van der Waals surface area contributed by atoms with E-state index in [1.807, 2.05) is 0 Å². The Labute approximate surface area is 177 Å². The van der Waals surface area contributed by atoms with Crippen LogP contribution in [0.3, 0.4) is 0 Å². The van der Waals surface area contributed by atoms with Gasteiger partial charge >= 0.3 is 0 Å². The van der Waals surface area contributed by atoms with Crippen LogP contribution in [0.25, 0.3) is 0 Å². The Morgan fingerprint density at radius 3 is 2.53 bits per heavy atom. The molecule has 1 aliphatic heterocycles. The molecule has 0 saturated heterocycles. The highest BCUT2D eigenvalue weighted by Crippen LogP contribution is 2.61. The predicted molar refractivity (Wildman–Crippen MR) is 111 cm³/mol. The maximum absolute atomic E-state index is 12.3. The number of fused-ring (bicyclic) bond motifs is 1. The summed E-state index contributed by atoms with van der Waals surface area (Å²) in [5.74, 6) is 2.94. The van der Waals surface area contributed by atoms with E-state index in [-0.39, 0.29) is 24.0 Å². The van der Waals surface area contributed by atoms with Gasteiger partial charge in [-0.05, 0) is 68.1 Å². The number of nitrogens with one attached hydrogen (secondary N) is 1. The molecule has 1 unspecified atom stereocenters. The van der Waals surface area contributed by atoms with Gasteiger partial charge in [0.25, 0.3) is 0 Å². The van der Waals surface area contributed by atoms with Crippen LogP contribution < -0.4 is 11.1 Å². The fourth-order valence-corrected chi connectivity index (χ4v) is 7.00. The minimum absolute atomic E-state index is 0.0818. The summed E-state index contributed by atoms with van der Waals surface area (Å²) in [7, 11) is 0. The van der Waals surface area contributed by atoms with Crippen molar-refractivity contribution in [2.75, 3.05) is 25.0 Å². The summed E-state index contributed by atoms with van der Waals surface area (Å²) < 4.78 is 0. The van der Waals surface area contributed by atoms with Crippen LogP contribution in [0.4, 0.5) is 5.82 Å². The summed E-state index contributed by atoms with van der Waals surface area (Å²) in [6.07, 6.45) is 9.41. The largest absolute Gasteiger partial charge is 0.394 e. The first kappa shape index (κ1) is 20.2. The summed E-state index contributed by atoms with van der Waals surface area (Å²) in [6.45, 7) is 1.05. The van der Waals surface area contributed by atoms with Gasteiger partial charge in [-0.3, -0.25) is 4.79 Å². The zero-order chi connectivity index (χ0) is 20.9. The van der Waals surface area contributed by atoms with Crippen molar-refractivity contribution in [3.63, 3.8) is 0 Å². The van der Waals surface area contributed by atoms with E-state index in [0.29, 0.717) is 26.1 Å². The highest BCUT2D eigenvalue weighted by molar-refractivity contribution is 5.82. The second-order valence-electron chi connectivity index (χ2n) is 10.1. The predicted octanol–water partition coefficient (Wildman–Crippen LogP) is 0.670. The first-order valence-electron chi connectivity index (χ1n) is 11.4. The zero-order valence-electron chi connectivity index (χ0n) is 17.5. The van der Waals surface area contributed by atoms with Gasteiger partial charge in [0.05, 0.1) is 24.9 Å². The molecule has 0 radical (unpaired) electrons. The molecule has 0 aromatic carbocycles. The Morgan fingerprint density at radius 1 is 1.23 bits per heavy atom. The number of hydrogen-bond donors (Lipinski definition) is 4. The van der Waals surface area contributed by atoms with Gasteiger partial charge in [-0.2, -0.15) is 0 Å². The molecule has 4 fully saturated rings. The molecule has 5 N–H and O–H groups in total. The van der Waals surface area contributed by atoms with Gasteiger partial charge < -0.3 is 26.2 Å². The lowest BCUT2D eigenvalue weighted by molar-refractivity contribution is -0.134. The Kier molecular flexibility index (Phi) is 5.19. The number of rotatable bonds is 6. The van der Waals surface area contributed by atoms with Crippen LogP contribution in [0, 0.1) is 23.2 Å². The Balaban J connectivity index is 1.25. The van der Waals surface area contributed by atoms with Gasteiger partial charge in [0, 0.05) is 18.7 Å². The number of nitrogens with two attached hydrogens (primary N) is 1. The molecule has 4 bridgehead atoms. The van der Waals surface area contributed by atoms with Crippen LogP contribution in [0.2, 0.25) is 0 Å². The fourth-order valence-electron chi connectivity index (χ4n) is 7.00. The van der Waals surface area contributed by atoms with Crippen molar-refractivity contribution in [2.45, 2.75) is 63.6 Å². The number of aliphatic hydroxyl groups is 2. The normalized spacial score (nSPS) is 33.8. The van der Waals surface area contributed by atoms with Crippen LogP contribution >= 0.6 is 0 Å². The lowest BCUT2D eigenvalue weighted by Gasteiger charge is -2.58. The van der Waals surface area contributed by atoms with Gasteiger partial charge in [0.15, 0.2) is 0 Å². The molecule has 1 amide bonds. The van der Waals surface area contributed by atoms with Crippen LogP contribution in [-0.4, -0.2) is 62.8 Å². The molecule has 164 valence electrons. The molecule has 1 aromatic heterocycles. The van der Waals surface area contributed by atoms with E-state index >= 15 is 0 Å². The molecular weight excluding hydrogens is 382 g/mol. The highest BCUT2D eigenvalue weighted by atomic mass is 16.3. The minimum atomic E-state index is -0.888. The van der Waals surface area contributed by atoms with Crippen LogP contribution in [0.1, 0.15) is 49.8 Å². The van der Waals surface area contributed by atoms with E-state index in [2.05, 4.69) is 15.3 Å². The first-order valence-corrected chi connectivity index (χ1v) is 11.4. The average Bonchev–Trinajstić information content (AvgIpc) is 2.75. The lowest BCUT2D eigenvalue weighted by Crippen LogP contribution is -2.53. The van der Waals surface area contributed by atoms with Crippen LogP contribution in [0.5, 0.6) is 0 Å². The van der Waals surface area contributed by atoms with E-state index < -0.39 is 6.04 Å². The number of nitrogens with zero attached hydrogens (tertiary/aromatic N) is 3. The molecule has 2 heterocycles. The quantitative estimate of drug-likeness (QED) is 0.538. The van der Waals surface area contributed by atoms with Crippen molar-refractivity contribution < 1.29 is 15.0 Å². The van der Waals surface area contributed by atoms with Crippen molar-refractivity contribution in [1.29, 1.82) is 0 Å². The second kappa shape index (κ2) is 7.73. The van der Waals surface area contributed by atoms with Crippen molar-refractivity contribution in [2.24, 2.45) is 28.9 Å². The molecule has 4 saturated carbocycles. The molecule has 30 heavy (non-hydrogen) atoms. The monoisotopic (exact) mass is 415 g/mol. The maximum Gasteiger partial charge on any atom is 0.242 e. The number of aromatic nitrogens is 2. The Morgan fingerprint density at radius 2 is 1.90 bits per heavy atom. The van der Waals surface area contributed by atoms with Gasteiger partial charge in [-0.25, -0.2) is 9.97 Å². The molecule has 1 aromatic rings. The third-order valence-electron chi connectivity index (χ3n) is 8.09. The Hall–Kier alpha value is -1.77. The van der Waals surface area contributed by atoms with Crippen molar-refractivity contribution >= 4 is 11.7 Å². The van der Waals surface area contributed by atoms with E-state index in [1.165, 1.54) is 44.9 Å². The molecule has 8 nitrogen and oxygen atoms in total. The number of carbonyl (C=O) groups excluding carboxylic acids is 1. The van der Waals surface area contributed by atoms with Crippen molar-refractivity contribution in [1.82, 2.24) is 14.9 Å². The first-order chi connectivity index (χ1) is 14.5. The third kappa shape index (κ3) is 3.48. The number of carbonyl (C=O) groups is 1. The van der Waals surface area contributed by atoms with Crippen molar-refractivity contribution in [3.8, 4) is 0 Å². The van der Waals surface area contributed by atoms with Crippen molar-refractivity contribution in [3.05, 3.63) is 17.6 Å². The molecule has 8 heteroatoms. The van der Waals surface area contributed by atoms with Gasteiger partial charge in [-0.1, -0.05) is 0 Å². The van der Waals surface area contributed by atoms with Gasteiger partial charge in [0.1, 0.15) is 18.2 Å². The van der Waals surface area contributed by atoms with E-state index in [0.717, 1.165) is 34.8 Å². The zero-order valence-corrected chi connectivity index (χ0v) is 17.5. The summed E-state index contributed by atoms with van der Waals surface area (Å²) >= 11 is 0. The Bertz CT molecular complexity index is 781. The van der Waals surface area contributed by atoms with E-state index in [1.54, 1.807) is 4.90 Å². The maximum atomic E-state index is 12.3. The summed E-state index contributed by atoms with van der Waals surface area (Å²) in [4.78, 5) is 22.7. The van der Waals surface area contributed by atoms with Gasteiger partial charge in [-0.15, -0.1) is 0 Å². The standard InChI is InChI=1S/C22H33N5O3/c23-17(11-28)21(30)27-2-1-16-18(10-27)25-12-26-20(16)24-9-19(29)22-6-13-3-14(7-22)5-15(4-13)8-22/h12-15,17,19,28-29H,1-11,23H2,(H,24,25,26)/t13?,14?,15?,17?,19-,22?/m0/s1. The summed E-state index contributed by atoms with van der Waals surface area (Å²) in [6, 6.07) is -0.888. The van der Waals surface area contributed by atoms with Crippen LogP contribution in [-0.2, 0) is 17.8 Å². The number of amides is 1. The number of anilines is 1. The second-order valence-corrected chi connectivity index (χ2v) is 10.1. The SMILES string of the molecule is NC(CO)C(=O)N1CCc2c(ncnc2NC[C@H](O)C23CC4CC(CC(C4)C2)C3)C1. The average molecular weight is 416 g/mol. The molecule has 4 aliphatic carbocycles. The summed E-state index contributed by atoms with van der Waals surface area (Å²) in [5.41, 5.74) is 7.59. The smallest absolute Gasteiger partial charge is 0.242 e. The highest BCUT2D eigenvalue weighted by Gasteiger charge is 2.53. The number of aliphatic hydroxyl groups excluding tert-OH is 2.